The minimum absolute atomic E-state index is 0.328. The van der Waals surface area contributed by atoms with Gasteiger partial charge < -0.3 is 5.11 Å². The Hall–Kier alpha value is -0.0400. The molecular weight excluding hydrogens is 232 g/mol. The van der Waals surface area contributed by atoms with Gasteiger partial charge >= 0.3 is 0 Å². The molecule has 19 heavy (non-hydrogen) atoms. The molecule has 0 aromatic carbocycles. The smallest absolute Gasteiger partial charge is 0.0706 e. The first-order valence-corrected chi connectivity index (χ1v) is 8.89. The number of hydrogen-bond acceptors (Lipinski definition) is 1. The van der Waals surface area contributed by atoms with Gasteiger partial charge in [-0.25, -0.2) is 0 Å². The second-order valence-electron chi connectivity index (χ2n) is 7.41. The van der Waals surface area contributed by atoms with Crippen LogP contribution < -0.4 is 0 Å². The van der Waals surface area contributed by atoms with Gasteiger partial charge in [-0.15, -0.1) is 0 Å². The Morgan fingerprint density at radius 1 is 0.947 bits per heavy atom. The van der Waals surface area contributed by atoms with Crippen molar-refractivity contribution in [2.75, 3.05) is 0 Å². The first kappa shape index (κ1) is 15.4. The highest BCUT2D eigenvalue weighted by Crippen LogP contribution is 2.47. The Balaban J connectivity index is 2.06. The Kier molecular flexibility index (Phi) is 5.74. The summed E-state index contributed by atoms with van der Waals surface area (Å²) in [6, 6.07) is 0. The van der Waals surface area contributed by atoms with Crippen LogP contribution in [0, 0.1) is 17.8 Å². The first-order chi connectivity index (χ1) is 9.16. The van der Waals surface area contributed by atoms with Crippen LogP contribution in [0.2, 0.25) is 0 Å². The highest BCUT2D eigenvalue weighted by Gasteiger charge is 2.45. The molecule has 0 aliphatic heterocycles. The van der Waals surface area contributed by atoms with Crippen LogP contribution in [0.1, 0.15) is 90.9 Å². The van der Waals surface area contributed by atoms with Crippen molar-refractivity contribution in [1.29, 1.82) is 0 Å². The lowest BCUT2D eigenvalue weighted by molar-refractivity contribution is -0.0953. The highest BCUT2D eigenvalue weighted by molar-refractivity contribution is 4.96. The maximum Gasteiger partial charge on any atom is 0.0706 e. The fourth-order valence-corrected chi connectivity index (χ4v) is 4.85. The van der Waals surface area contributed by atoms with Crippen LogP contribution in [0.5, 0.6) is 0 Å². The lowest BCUT2D eigenvalue weighted by Crippen LogP contribution is -2.46. The molecule has 0 saturated heterocycles. The molecule has 0 bridgehead atoms. The zero-order valence-electron chi connectivity index (χ0n) is 13.2. The summed E-state index contributed by atoms with van der Waals surface area (Å²) in [6.07, 6.45) is 15.5. The van der Waals surface area contributed by atoms with Crippen molar-refractivity contribution in [3.05, 3.63) is 0 Å². The van der Waals surface area contributed by atoms with Crippen molar-refractivity contribution in [1.82, 2.24) is 0 Å². The molecule has 2 fully saturated rings. The van der Waals surface area contributed by atoms with E-state index in [1.54, 1.807) is 0 Å². The molecule has 0 radical (unpaired) electrons. The SMILES string of the molecule is CCCC(C)CC(O)(C1CCCCC1)C1CCCC1. The molecular formula is C18H34O. The van der Waals surface area contributed by atoms with Crippen molar-refractivity contribution < 1.29 is 5.11 Å². The van der Waals surface area contributed by atoms with E-state index in [4.69, 9.17) is 0 Å². The number of hydrogen-bond donors (Lipinski definition) is 1. The predicted octanol–water partition coefficient (Wildman–Crippen LogP) is 5.31. The third-order valence-corrected chi connectivity index (χ3v) is 5.83. The van der Waals surface area contributed by atoms with E-state index in [2.05, 4.69) is 13.8 Å². The molecule has 1 heteroatoms. The molecule has 0 aromatic heterocycles. The predicted molar refractivity (Wildman–Crippen MR) is 82.2 cm³/mol. The summed E-state index contributed by atoms with van der Waals surface area (Å²) in [7, 11) is 0. The van der Waals surface area contributed by atoms with Gasteiger partial charge in [0.1, 0.15) is 0 Å². The Morgan fingerprint density at radius 3 is 1.89 bits per heavy atom. The van der Waals surface area contributed by atoms with E-state index < -0.39 is 0 Å². The van der Waals surface area contributed by atoms with E-state index in [1.165, 1.54) is 70.6 Å². The van der Waals surface area contributed by atoms with Crippen LogP contribution in [0.3, 0.4) is 0 Å². The summed E-state index contributed by atoms with van der Waals surface area (Å²) in [4.78, 5) is 0. The molecule has 2 unspecified atom stereocenters. The van der Waals surface area contributed by atoms with E-state index in [1.807, 2.05) is 0 Å². The van der Waals surface area contributed by atoms with E-state index >= 15 is 0 Å². The van der Waals surface area contributed by atoms with Crippen LogP contribution in [-0.2, 0) is 0 Å². The average molecular weight is 266 g/mol. The molecule has 2 aliphatic carbocycles. The van der Waals surface area contributed by atoms with E-state index in [0.29, 0.717) is 17.8 Å². The monoisotopic (exact) mass is 266 g/mol. The van der Waals surface area contributed by atoms with Crippen LogP contribution >= 0.6 is 0 Å². The molecule has 112 valence electrons. The van der Waals surface area contributed by atoms with Crippen molar-refractivity contribution in [3.63, 3.8) is 0 Å². The zero-order valence-corrected chi connectivity index (χ0v) is 13.2. The number of rotatable bonds is 6. The topological polar surface area (TPSA) is 20.2 Å². The normalized spacial score (nSPS) is 27.3. The van der Waals surface area contributed by atoms with Crippen molar-refractivity contribution >= 4 is 0 Å². The van der Waals surface area contributed by atoms with E-state index in [-0.39, 0.29) is 5.60 Å². The van der Waals surface area contributed by atoms with Gasteiger partial charge in [-0.1, -0.05) is 58.8 Å². The maximum absolute atomic E-state index is 11.5. The van der Waals surface area contributed by atoms with Gasteiger partial charge in [-0.3, -0.25) is 0 Å². The summed E-state index contributed by atoms with van der Waals surface area (Å²) in [5, 5.41) is 11.5. The van der Waals surface area contributed by atoms with Gasteiger partial charge in [0.25, 0.3) is 0 Å². The average Bonchev–Trinajstić information content (AvgIpc) is 2.94. The van der Waals surface area contributed by atoms with Crippen LogP contribution in [0.4, 0.5) is 0 Å². The maximum atomic E-state index is 11.5. The third-order valence-electron chi connectivity index (χ3n) is 5.83. The molecule has 2 saturated carbocycles. The Morgan fingerprint density at radius 2 is 1.42 bits per heavy atom. The van der Waals surface area contributed by atoms with Gasteiger partial charge in [0.2, 0.25) is 0 Å². The van der Waals surface area contributed by atoms with Crippen molar-refractivity contribution in [3.8, 4) is 0 Å². The fraction of sp³-hybridized carbons (Fsp3) is 1.00. The number of aliphatic hydroxyl groups is 1. The quantitative estimate of drug-likeness (QED) is 0.690. The van der Waals surface area contributed by atoms with E-state index in [9.17, 15) is 5.11 Å². The molecule has 0 spiro atoms. The van der Waals surface area contributed by atoms with Gasteiger partial charge in [-0.05, 0) is 49.9 Å². The van der Waals surface area contributed by atoms with Gasteiger partial charge in [0.15, 0.2) is 0 Å². The van der Waals surface area contributed by atoms with Gasteiger partial charge in [-0.2, -0.15) is 0 Å². The Bertz CT molecular complexity index is 250. The third kappa shape index (κ3) is 3.74. The summed E-state index contributed by atoms with van der Waals surface area (Å²) in [5.74, 6) is 1.90. The first-order valence-electron chi connectivity index (χ1n) is 8.89. The minimum Gasteiger partial charge on any atom is -0.389 e. The van der Waals surface area contributed by atoms with Crippen LogP contribution in [0.25, 0.3) is 0 Å². The summed E-state index contributed by atoms with van der Waals surface area (Å²) in [5.41, 5.74) is -0.328. The molecule has 1 nitrogen and oxygen atoms in total. The lowest BCUT2D eigenvalue weighted by atomic mass is 9.66. The summed E-state index contributed by atoms with van der Waals surface area (Å²) >= 11 is 0. The molecule has 0 amide bonds. The highest BCUT2D eigenvalue weighted by atomic mass is 16.3. The molecule has 2 rings (SSSR count). The molecule has 2 aliphatic rings. The fourth-order valence-electron chi connectivity index (χ4n) is 4.85. The molecule has 1 N–H and O–H groups in total. The lowest BCUT2D eigenvalue weighted by Gasteiger charge is -2.44. The van der Waals surface area contributed by atoms with Gasteiger partial charge in [0, 0.05) is 0 Å². The second-order valence-corrected chi connectivity index (χ2v) is 7.41. The van der Waals surface area contributed by atoms with Crippen molar-refractivity contribution in [2.45, 2.75) is 96.5 Å². The minimum atomic E-state index is -0.328. The van der Waals surface area contributed by atoms with Crippen LogP contribution in [0.15, 0.2) is 0 Å². The molecule has 0 aromatic rings. The van der Waals surface area contributed by atoms with Gasteiger partial charge in [0.05, 0.1) is 5.60 Å². The zero-order chi connectivity index (χ0) is 13.7. The Labute approximate surface area is 120 Å². The summed E-state index contributed by atoms with van der Waals surface area (Å²) < 4.78 is 0. The van der Waals surface area contributed by atoms with E-state index in [0.717, 1.165) is 6.42 Å². The van der Waals surface area contributed by atoms with Crippen molar-refractivity contribution in [2.24, 2.45) is 17.8 Å². The molecule has 2 atom stereocenters. The second kappa shape index (κ2) is 7.11. The summed E-state index contributed by atoms with van der Waals surface area (Å²) in [6.45, 7) is 4.62. The standard InChI is InChI=1S/C18H34O/c1-3-9-15(2)14-18(19,17-12-7-8-13-17)16-10-5-4-6-11-16/h15-17,19H,3-14H2,1-2H3. The largest absolute Gasteiger partial charge is 0.389 e. The molecule has 0 heterocycles. The van der Waals surface area contributed by atoms with Crippen LogP contribution in [-0.4, -0.2) is 10.7 Å².